The molecule has 0 saturated carbocycles. The highest BCUT2D eigenvalue weighted by atomic mass is 16.4. The van der Waals surface area contributed by atoms with Crippen LogP contribution in [0.3, 0.4) is 0 Å². The van der Waals surface area contributed by atoms with Gasteiger partial charge in [-0.25, -0.2) is 0 Å². The van der Waals surface area contributed by atoms with Gasteiger partial charge in [0.25, 0.3) is 0 Å². The van der Waals surface area contributed by atoms with Crippen molar-refractivity contribution in [2.45, 2.75) is 77.8 Å². The summed E-state index contributed by atoms with van der Waals surface area (Å²) in [4.78, 5) is 12.9. The molecule has 0 aromatic carbocycles. The Balaban J connectivity index is 0.000000190. The average Bonchev–Trinajstić information content (AvgIpc) is 2.58. The molecule has 1 N–H and O–H groups in total. The summed E-state index contributed by atoms with van der Waals surface area (Å²) in [6.45, 7) is 6.17. The van der Waals surface area contributed by atoms with Gasteiger partial charge >= 0.3 is 5.97 Å². The van der Waals surface area contributed by atoms with E-state index in [0.29, 0.717) is 18.3 Å². The number of fused-ring (bicyclic) bond motifs is 2. The summed E-state index contributed by atoms with van der Waals surface area (Å²) in [6, 6.07) is 1.92. The lowest BCUT2D eigenvalue weighted by atomic mass is 9.90. The van der Waals surface area contributed by atoms with Crippen LogP contribution in [0.25, 0.3) is 0 Å². The van der Waals surface area contributed by atoms with Gasteiger partial charge in [0.1, 0.15) is 0 Å². The number of carbonyl (C=O) groups is 1. The van der Waals surface area contributed by atoms with Crippen LogP contribution in [0.2, 0.25) is 0 Å². The third-order valence-corrected chi connectivity index (χ3v) is 4.96. The van der Waals surface area contributed by atoms with E-state index in [1.807, 2.05) is 6.92 Å². The Morgan fingerprint density at radius 2 is 1.74 bits per heavy atom. The summed E-state index contributed by atoms with van der Waals surface area (Å²) in [6.07, 6.45) is 8.64. The molecule has 0 amide bonds. The third-order valence-electron chi connectivity index (χ3n) is 4.96. The molecular formula is C16H31NO2. The molecule has 0 aromatic rings. The number of aliphatic carboxylic acids is 1. The Morgan fingerprint density at radius 3 is 2.00 bits per heavy atom. The predicted molar refractivity (Wildman–Crippen MR) is 79.3 cm³/mol. The summed E-state index contributed by atoms with van der Waals surface area (Å²) < 4.78 is 0. The van der Waals surface area contributed by atoms with Gasteiger partial charge in [-0.2, -0.15) is 0 Å². The summed E-state index contributed by atoms with van der Waals surface area (Å²) >= 11 is 0. The normalized spacial score (nSPS) is 27.8. The van der Waals surface area contributed by atoms with Gasteiger partial charge in [0.05, 0.1) is 0 Å². The van der Waals surface area contributed by atoms with E-state index < -0.39 is 5.97 Å². The Labute approximate surface area is 118 Å². The molecule has 3 nitrogen and oxygen atoms in total. The van der Waals surface area contributed by atoms with Crippen molar-refractivity contribution in [2.75, 3.05) is 7.05 Å². The van der Waals surface area contributed by atoms with Crippen LogP contribution in [0.4, 0.5) is 0 Å². The maximum absolute atomic E-state index is 10.3. The first kappa shape index (κ1) is 16.5. The van der Waals surface area contributed by atoms with Crippen LogP contribution in [0.5, 0.6) is 0 Å². The molecule has 0 aromatic heterocycles. The van der Waals surface area contributed by atoms with Crippen molar-refractivity contribution < 1.29 is 9.90 Å². The van der Waals surface area contributed by atoms with Gasteiger partial charge in [0, 0.05) is 18.5 Å². The highest BCUT2D eigenvalue weighted by molar-refractivity contribution is 5.67. The summed E-state index contributed by atoms with van der Waals surface area (Å²) in [5, 5.41) is 8.46. The van der Waals surface area contributed by atoms with Crippen LogP contribution in [0.1, 0.15) is 65.7 Å². The van der Waals surface area contributed by atoms with Crippen molar-refractivity contribution in [1.29, 1.82) is 0 Å². The maximum Gasteiger partial charge on any atom is 0.303 e. The Kier molecular flexibility index (Phi) is 6.84. The molecule has 3 unspecified atom stereocenters. The smallest absolute Gasteiger partial charge is 0.303 e. The van der Waals surface area contributed by atoms with Crippen LogP contribution < -0.4 is 0 Å². The quantitative estimate of drug-likeness (QED) is 0.844. The van der Waals surface area contributed by atoms with E-state index >= 15 is 0 Å². The zero-order valence-electron chi connectivity index (χ0n) is 13.1. The number of carboxylic acid groups (broad SMARTS) is 1. The predicted octanol–water partition coefficient (Wildman–Crippen LogP) is 3.78. The molecule has 2 saturated heterocycles. The highest BCUT2D eigenvalue weighted by Gasteiger charge is 2.33. The molecule has 2 bridgehead atoms. The van der Waals surface area contributed by atoms with E-state index in [1.54, 1.807) is 0 Å². The second-order valence-corrected chi connectivity index (χ2v) is 6.49. The van der Waals surface area contributed by atoms with Crippen molar-refractivity contribution >= 4 is 5.97 Å². The van der Waals surface area contributed by atoms with Gasteiger partial charge in [0.2, 0.25) is 0 Å². The van der Waals surface area contributed by atoms with Crippen LogP contribution in [0.15, 0.2) is 0 Å². The second kappa shape index (κ2) is 7.88. The van der Waals surface area contributed by atoms with E-state index in [2.05, 4.69) is 25.8 Å². The second-order valence-electron chi connectivity index (χ2n) is 6.49. The first-order valence-electron chi connectivity index (χ1n) is 7.89. The number of rotatable bonds is 4. The van der Waals surface area contributed by atoms with Gasteiger partial charge in [-0.05, 0) is 44.6 Å². The number of carboxylic acids is 1. The van der Waals surface area contributed by atoms with Crippen LogP contribution in [-0.4, -0.2) is 35.1 Å². The molecule has 3 heteroatoms. The monoisotopic (exact) mass is 269 g/mol. The van der Waals surface area contributed by atoms with Crippen molar-refractivity contribution in [3.05, 3.63) is 0 Å². The molecule has 3 atom stereocenters. The Hall–Kier alpha value is -0.570. The minimum Gasteiger partial charge on any atom is -0.481 e. The fraction of sp³-hybridized carbons (Fsp3) is 0.938. The van der Waals surface area contributed by atoms with Gasteiger partial charge < -0.3 is 10.0 Å². The zero-order chi connectivity index (χ0) is 14.4. The molecule has 2 aliphatic heterocycles. The molecule has 2 fully saturated rings. The van der Waals surface area contributed by atoms with Crippen LogP contribution >= 0.6 is 0 Å². The van der Waals surface area contributed by atoms with Gasteiger partial charge in [0.15, 0.2) is 0 Å². The minimum absolute atomic E-state index is 0.314. The van der Waals surface area contributed by atoms with Crippen LogP contribution in [0, 0.1) is 11.8 Å². The highest BCUT2D eigenvalue weighted by Crippen LogP contribution is 2.33. The third kappa shape index (κ3) is 5.13. The van der Waals surface area contributed by atoms with Gasteiger partial charge in [-0.15, -0.1) is 0 Å². The lowest BCUT2D eigenvalue weighted by molar-refractivity contribution is -0.138. The van der Waals surface area contributed by atoms with Crippen molar-refractivity contribution in [1.82, 2.24) is 4.90 Å². The molecular weight excluding hydrogens is 238 g/mol. The largest absolute Gasteiger partial charge is 0.481 e. The molecule has 0 spiro atoms. The summed E-state index contributed by atoms with van der Waals surface area (Å²) in [7, 11) is 2.29. The van der Waals surface area contributed by atoms with Crippen molar-refractivity contribution in [3.8, 4) is 0 Å². The first-order chi connectivity index (χ1) is 8.95. The fourth-order valence-corrected chi connectivity index (χ4v) is 3.45. The zero-order valence-corrected chi connectivity index (χ0v) is 13.1. The lowest BCUT2D eigenvalue weighted by Crippen LogP contribution is -2.35. The van der Waals surface area contributed by atoms with Gasteiger partial charge in [-0.3, -0.25) is 4.79 Å². The van der Waals surface area contributed by atoms with Crippen LogP contribution in [-0.2, 0) is 4.79 Å². The van der Waals surface area contributed by atoms with Crippen molar-refractivity contribution in [3.63, 3.8) is 0 Å². The average molecular weight is 269 g/mol. The van der Waals surface area contributed by atoms with Crippen molar-refractivity contribution in [2.24, 2.45) is 11.8 Å². The summed E-state index contributed by atoms with van der Waals surface area (Å²) in [5.41, 5.74) is 0. The first-order valence-corrected chi connectivity index (χ1v) is 7.89. The SMILES string of the molecule is CCC(CC(=O)O)C(C)C.CN1C2CCCC1CC2. The molecule has 2 heterocycles. The number of hydrogen-bond donors (Lipinski definition) is 1. The van der Waals surface area contributed by atoms with Gasteiger partial charge in [-0.1, -0.05) is 33.6 Å². The minimum atomic E-state index is -0.680. The molecule has 19 heavy (non-hydrogen) atoms. The fourth-order valence-electron chi connectivity index (χ4n) is 3.45. The van der Waals surface area contributed by atoms with E-state index in [0.717, 1.165) is 18.5 Å². The summed E-state index contributed by atoms with van der Waals surface area (Å²) in [5.74, 6) is 0.152. The van der Waals surface area contributed by atoms with E-state index in [1.165, 1.54) is 32.1 Å². The Morgan fingerprint density at radius 1 is 1.21 bits per heavy atom. The maximum atomic E-state index is 10.3. The van der Waals surface area contributed by atoms with E-state index in [-0.39, 0.29) is 0 Å². The van der Waals surface area contributed by atoms with E-state index in [9.17, 15) is 4.79 Å². The molecule has 0 aliphatic carbocycles. The molecule has 0 radical (unpaired) electrons. The number of piperidine rings is 1. The topological polar surface area (TPSA) is 40.5 Å². The standard InChI is InChI=1S/C8H15N.C8H16O2/c1-9-7-3-2-4-8(9)6-5-7;1-4-7(6(2)3)5-8(9)10/h7-8H,2-6H2,1H3;6-7H,4-5H2,1-3H3,(H,9,10). The molecule has 2 rings (SSSR count). The number of hydrogen-bond acceptors (Lipinski definition) is 2. The number of nitrogens with zero attached hydrogens (tertiary/aromatic N) is 1. The molecule has 112 valence electrons. The molecule has 2 aliphatic rings. The Bertz CT molecular complexity index is 262. The van der Waals surface area contributed by atoms with E-state index in [4.69, 9.17) is 5.11 Å². The lowest BCUT2D eigenvalue weighted by Gasteiger charge is -2.30.